The van der Waals surface area contributed by atoms with Gasteiger partial charge >= 0.3 is 0 Å². The summed E-state index contributed by atoms with van der Waals surface area (Å²) in [6.45, 7) is 10.2. The molecule has 0 spiro atoms. The molecular formula is C15H31NO. The molecule has 1 fully saturated rings. The molecule has 102 valence electrons. The minimum atomic E-state index is -0.0491. The SMILES string of the molecule is CCCCC(CC)CN1CCC(O)C(CC)C1. The first-order valence-electron chi connectivity index (χ1n) is 7.61. The minimum absolute atomic E-state index is 0.0491. The molecule has 3 atom stereocenters. The summed E-state index contributed by atoms with van der Waals surface area (Å²) in [6.07, 6.45) is 7.40. The lowest BCUT2D eigenvalue weighted by molar-refractivity contribution is 0.0187. The van der Waals surface area contributed by atoms with Crippen molar-refractivity contribution in [1.82, 2.24) is 4.90 Å². The van der Waals surface area contributed by atoms with Crippen LogP contribution in [0.15, 0.2) is 0 Å². The van der Waals surface area contributed by atoms with E-state index >= 15 is 0 Å². The summed E-state index contributed by atoms with van der Waals surface area (Å²) in [5.74, 6) is 1.37. The molecule has 2 heteroatoms. The lowest BCUT2D eigenvalue weighted by Gasteiger charge is -2.37. The Morgan fingerprint density at radius 3 is 2.65 bits per heavy atom. The zero-order chi connectivity index (χ0) is 12.7. The van der Waals surface area contributed by atoms with E-state index in [1.54, 1.807) is 0 Å². The fourth-order valence-corrected chi connectivity index (χ4v) is 2.94. The molecule has 1 heterocycles. The van der Waals surface area contributed by atoms with Crippen LogP contribution >= 0.6 is 0 Å². The normalized spacial score (nSPS) is 28.2. The summed E-state index contributed by atoms with van der Waals surface area (Å²) in [7, 11) is 0. The zero-order valence-electron chi connectivity index (χ0n) is 12.0. The van der Waals surface area contributed by atoms with Gasteiger partial charge in [-0.15, -0.1) is 0 Å². The van der Waals surface area contributed by atoms with Gasteiger partial charge in [0.05, 0.1) is 6.10 Å². The van der Waals surface area contributed by atoms with E-state index in [2.05, 4.69) is 25.7 Å². The molecule has 1 aliphatic heterocycles. The van der Waals surface area contributed by atoms with Crippen molar-refractivity contribution >= 4 is 0 Å². The number of piperidine rings is 1. The molecule has 1 rings (SSSR count). The predicted molar refractivity (Wildman–Crippen MR) is 74.2 cm³/mol. The second-order valence-electron chi connectivity index (χ2n) is 5.70. The van der Waals surface area contributed by atoms with Gasteiger partial charge in [-0.05, 0) is 31.1 Å². The van der Waals surface area contributed by atoms with Crippen LogP contribution in [0, 0.1) is 11.8 Å². The number of aliphatic hydroxyl groups is 1. The fourth-order valence-electron chi connectivity index (χ4n) is 2.94. The van der Waals surface area contributed by atoms with Crippen LogP contribution in [0.2, 0.25) is 0 Å². The van der Waals surface area contributed by atoms with Crippen LogP contribution < -0.4 is 0 Å². The molecule has 0 bridgehead atoms. The first-order valence-corrected chi connectivity index (χ1v) is 7.61. The van der Waals surface area contributed by atoms with E-state index in [0.717, 1.165) is 31.8 Å². The van der Waals surface area contributed by atoms with Crippen LogP contribution in [-0.2, 0) is 0 Å². The number of aliphatic hydroxyl groups excluding tert-OH is 1. The highest BCUT2D eigenvalue weighted by Crippen LogP contribution is 2.22. The van der Waals surface area contributed by atoms with Gasteiger partial charge in [-0.25, -0.2) is 0 Å². The summed E-state index contributed by atoms with van der Waals surface area (Å²) < 4.78 is 0. The van der Waals surface area contributed by atoms with Crippen LogP contribution in [0.1, 0.15) is 59.3 Å². The zero-order valence-corrected chi connectivity index (χ0v) is 12.0. The smallest absolute Gasteiger partial charge is 0.0592 e. The molecule has 0 aromatic heterocycles. The van der Waals surface area contributed by atoms with Gasteiger partial charge in [0, 0.05) is 19.6 Å². The summed E-state index contributed by atoms with van der Waals surface area (Å²) in [5.41, 5.74) is 0. The molecule has 0 amide bonds. The molecule has 0 aromatic carbocycles. The van der Waals surface area contributed by atoms with Crippen molar-refractivity contribution in [1.29, 1.82) is 0 Å². The molecule has 1 N–H and O–H groups in total. The summed E-state index contributed by atoms with van der Waals surface area (Å²) in [4.78, 5) is 2.59. The Labute approximate surface area is 107 Å². The van der Waals surface area contributed by atoms with Crippen molar-refractivity contribution in [3.05, 3.63) is 0 Å². The van der Waals surface area contributed by atoms with Gasteiger partial charge in [-0.1, -0.05) is 40.0 Å². The Balaban J connectivity index is 2.34. The van der Waals surface area contributed by atoms with Crippen LogP contribution in [0.4, 0.5) is 0 Å². The Kier molecular flexibility index (Phi) is 7.14. The maximum absolute atomic E-state index is 9.89. The Morgan fingerprint density at radius 2 is 2.06 bits per heavy atom. The largest absolute Gasteiger partial charge is 0.393 e. The summed E-state index contributed by atoms with van der Waals surface area (Å²) in [5, 5.41) is 9.89. The topological polar surface area (TPSA) is 23.5 Å². The predicted octanol–water partition coefficient (Wildman–Crippen LogP) is 3.30. The highest BCUT2D eigenvalue weighted by Gasteiger charge is 2.27. The maximum atomic E-state index is 9.89. The van der Waals surface area contributed by atoms with Crippen molar-refractivity contribution in [2.45, 2.75) is 65.4 Å². The number of likely N-dealkylation sites (tertiary alicyclic amines) is 1. The Hall–Kier alpha value is -0.0800. The summed E-state index contributed by atoms with van der Waals surface area (Å²) in [6, 6.07) is 0. The van der Waals surface area contributed by atoms with E-state index in [-0.39, 0.29) is 6.10 Å². The number of rotatable bonds is 7. The number of hydrogen-bond donors (Lipinski definition) is 1. The quantitative estimate of drug-likeness (QED) is 0.739. The molecule has 0 aliphatic carbocycles. The highest BCUT2D eigenvalue weighted by molar-refractivity contribution is 4.80. The van der Waals surface area contributed by atoms with Crippen LogP contribution in [0.25, 0.3) is 0 Å². The number of unbranched alkanes of at least 4 members (excludes halogenated alkanes) is 1. The lowest BCUT2D eigenvalue weighted by atomic mass is 9.90. The molecule has 17 heavy (non-hydrogen) atoms. The molecule has 2 nitrogen and oxygen atoms in total. The van der Waals surface area contributed by atoms with Crippen LogP contribution in [-0.4, -0.2) is 35.7 Å². The minimum Gasteiger partial charge on any atom is -0.393 e. The molecular weight excluding hydrogens is 210 g/mol. The third-order valence-electron chi connectivity index (χ3n) is 4.36. The molecule has 0 saturated carbocycles. The molecule has 1 aliphatic rings. The number of nitrogens with zero attached hydrogens (tertiary/aromatic N) is 1. The Morgan fingerprint density at radius 1 is 1.29 bits per heavy atom. The van der Waals surface area contributed by atoms with Gasteiger partial charge < -0.3 is 10.0 Å². The summed E-state index contributed by atoms with van der Waals surface area (Å²) >= 11 is 0. The first kappa shape index (κ1) is 15.0. The molecule has 0 aromatic rings. The average Bonchev–Trinajstić information content (AvgIpc) is 2.36. The van der Waals surface area contributed by atoms with Crippen molar-refractivity contribution in [2.75, 3.05) is 19.6 Å². The van der Waals surface area contributed by atoms with Crippen LogP contribution in [0.3, 0.4) is 0 Å². The first-order chi connectivity index (χ1) is 8.21. The molecule has 1 saturated heterocycles. The monoisotopic (exact) mass is 241 g/mol. The van der Waals surface area contributed by atoms with Crippen molar-refractivity contribution in [3.63, 3.8) is 0 Å². The molecule has 0 radical (unpaired) electrons. The van der Waals surface area contributed by atoms with E-state index < -0.39 is 0 Å². The van der Waals surface area contributed by atoms with Crippen LogP contribution in [0.5, 0.6) is 0 Å². The standard InChI is InChI=1S/C15H31NO/c1-4-7-8-13(5-2)11-16-10-9-15(17)14(6-3)12-16/h13-15,17H,4-12H2,1-3H3. The van der Waals surface area contributed by atoms with E-state index in [1.165, 1.54) is 32.2 Å². The van der Waals surface area contributed by atoms with Crippen molar-refractivity contribution < 1.29 is 5.11 Å². The average molecular weight is 241 g/mol. The third-order valence-corrected chi connectivity index (χ3v) is 4.36. The number of hydrogen-bond acceptors (Lipinski definition) is 2. The fraction of sp³-hybridized carbons (Fsp3) is 1.00. The van der Waals surface area contributed by atoms with E-state index in [1.807, 2.05) is 0 Å². The second-order valence-corrected chi connectivity index (χ2v) is 5.70. The van der Waals surface area contributed by atoms with Crippen molar-refractivity contribution in [3.8, 4) is 0 Å². The van der Waals surface area contributed by atoms with Gasteiger partial charge in [0.2, 0.25) is 0 Å². The second kappa shape index (κ2) is 8.10. The van der Waals surface area contributed by atoms with E-state index in [4.69, 9.17) is 0 Å². The van der Waals surface area contributed by atoms with Gasteiger partial charge in [0.15, 0.2) is 0 Å². The van der Waals surface area contributed by atoms with Gasteiger partial charge in [0.25, 0.3) is 0 Å². The maximum Gasteiger partial charge on any atom is 0.0592 e. The van der Waals surface area contributed by atoms with Gasteiger partial charge in [0.1, 0.15) is 0 Å². The lowest BCUT2D eigenvalue weighted by Crippen LogP contribution is -2.44. The van der Waals surface area contributed by atoms with E-state index in [9.17, 15) is 5.11 Å². The van der Waals surface area contributed by atoms with E-state index in [0.29, 0.717) is 5.92 Å². The highest BCUT2D eigenvalue weighted by atomic mass is 16.3. The molecule has 3 unspecified atom stereocenters. The Bertz CT molecular complexity index is 195. The van der Waals surface area contributed by atoms with Gasteiger partial charge in [-0.2, -0.15) is 0 Å². The van der Waals surface area contributed by atoms with Gasteiger partial charge in [-0.3, -0.25) is 0 Å². The van der Waals surface area contributed by atoms with Crippen molar-refractivity contribution in [2.24, 2.45) is 11.8 Å². The third kappa shape index (κ3) is 4.97.